The Bertz CT molecular complexity index is 1230. The third kappa shape index (κ3) is 2.95. The molecule has 0 spiro atoms. The second-order valence-electron chi connectivity index (χ2n) is 7.25. The number of carbonyl (C=O) groups is 1. The zero-order chi connectivity index (χ0) is 20.0. The van der Waals surface area contributed by atoms with Crippen molar-refractivity contribution in [1.29, 1.82) is 0 Å². The molecule has 1 amide bonds. The first-order chi connectivity index (χ1) is 14.1. The molecule has 5 heterocycles. The molecular formula is C20H20N6O3. The molecule has 4 aromatic heterocycles. The Kier molecular flexibility index (Phi) is 4.08. The number of imidazole rings is 2. The minimum atomic E-state index is -0.161. The van der Waals surface area contributed by atoms with E-state index in [4.69, 9.17) is 4.42 Å². The molecule has 1 atom stereocenters. The van der Waals surface area contributed by atoms with Crippen LogP contribution in [-0.2, 0) is 13.6 Å². The predicted octanol–water partition coefficient (Wildman–Crippen LogP) is 1.66. The minimum absolute atomic E-state index is 0.106. The van der Waals surface area contributed by atoms with Crippen LogP contribution in [-0.4, -0.2) is 47.6 Å². The van der Waals surface area contributed by atoms with Crippen LogP contribution >= 0.6 is 0 Å². The standard InChI is InChI=1S/C20H20N6O3/c1-23-16-3-2-7-22-18(16)26(20(23)28)14-6-9-25(11-14)19(27)17-5-4-15(29-17)12-24-10-8-21-13-24/h2-5,7-8,10,13-14H,6,9,11-12H2,1H3/t14-/m1/s1. The van der Waals surface area contributed by atoms with E-state index in [1.165, 1.54) is 0 Å². The maximum absolute atomic E-state index is 12.9. The van der Waals surface area contributed by atoms with Gasteiger partial charge in [-0.2, -0.15) is 0 Å². The quantitative estimate of drug-likeness (QED) is 0.527. The number of hydrogen-bond donors (Lipinski definition) is 0. The highest BCUT2D eigenvalue weighted by atomic mass is 16.4. The van der Waals surface area contributed by atoms with Crippen molar-refractivity contribution in [2.24, 2.45) is 7.05 Å². The predicted molar refractivity (Wildman–Crippen MR) is 105 cm³/mol. The summed E-state index contributed by atoms with van der Waals surface area (Å²) in [6.45, 7) is 1.54. The van der Waals surface area contributed by atoms with Crippen molar-refractivity contribution < 1.29 is 9.21 Å². The molecule has 1 saturated heterocycles. The van der Waals surface area contributed by atoms with Crippen molar-refractivity contribution in [2.75, 3.05) is 13.1 Å². The second kappa shape index (κ2) is 6.77. The molecule has 148 valence electrons. The maximum atomic E-state index is 12.9. The normalized spacial score (nSPS) is 16.7. The van der Waals surface area contributed by atoms with Crippen LogP contribution in [0.2, 0.25) is 0 Å². The van der Waals surface area contributed by atoms with Crippen molar-refractivity contribution in [2.45, 2.75) is 19.0 Å². The Morgan fingerprint density at radius 2 is 2.17 bits per heavy atom. The molecule has 0 bridgehead atoms. The molecule has 9 nitrogen and oxygen atoms in total. The van der Waals surface area contributed by atoms with Crippen molar-refractivity contribution in [1.82, 2.24) is 28.6 Å². The molecule has 0 radical (unpaired) electrons. The number of aryl methyl sites for hydroxylation is 1. The number of furan rings is 1. The van der Waals surface area contributed by atoms with Crippen molar-refractivity contribution in [3.05, 3.63) is 71.2 Å². The second-order valence-corrected chi connectivity index (χ2v) is 7.25. The van der Waals surface area contributed by atoms with Crippen LogP contribution in [0.25, 0.3) is 11.2 Å². The Morgan fingerprint density at radius 3 is 3.00 bits per heavy atom. The van der Waals surface area contributed by atoms with E-state index in [0.717, 1.165) is 5.52 Å². The summed E-state index contributed by atoms with van der Waals surface area (Å²) in [6.07, 6.45) is 7.62. The van der Waals surface area contributed by atoms with E-state index >= 15 is 0 Å². The number of nitrogens with zero attached hydrogens (tertiary/aromatic N) is 6. The van der Waals surface area contributed by atoms with Gasteiger partial charge in [-0.05, 0) is 30.7 Å². The van der Waals surface area contributed by atoms with Gasteiger partial charge >= 0.3 is 5.69 Å². The number of rotatable bonds is 4. The van der Waals surface area contributed by atoms with E-state index in [1.54, 1.807) is 51.9 Å². The molecule has 0 saturated carbocycles. The first kappa shape index (κ1) is 17.5. The van der Waals surface area contributed by atoms with Crippen molar-refractivity contribution >= 4 is 17.1 Å². The fraction of sp³-hybridized carbons (Fsp3) is 0.300. The van der Waals surface area contributed by atoms with Crippen molar-refractivity contribution in [3.63, 3.8) is 0 Å². The first-order valence-corrected chi connectivity index (χ1v) is 9.47. The molecule has 0 unspecified atom stereocenters. The summed E-state index contributed by atoms with van der Waals surface area (Å²) in [5.41, 5.74) is 1.33. The maximum Gasteiger partial charge on any atom is 0.330 e. The Balaban J connectivity index is 1.35. The van der Waals surface area contributed by atoms with Crippen molar-refractivity contribution in [3.8, 4) is 0 Å². The number of pyridine rings is 1. The molecular weight excluding hydrogens is 372 g/mol. The monoisotopic (exact) mass is 392 g/mol. The van der Waals surface area contributed by atoms with Crippen LogP contribution in [0.4, 0.5) is 0 Å². The Hall–Kier alpha value is -3.62. The van der Waals surface area contributed by atoms with Gasteiger partial charge in [0.1, 0.15) is 5.76 Å². The van der Waals surface area contributed by atoms with Crippen LogP contribution in [0.15, 0.2) is 58.4 Å². The van der Waals surface area contributed by atoms with Gasteiger partial charge in [-0.15, -0.1) is 0 Å². The Labute approximate surface area is 165 Å². The largest absolute Gasteiger partial charge is 0.454 e. The van der Waals surface area contributed by atoms with Crippen LogP contribution in [0, 0.1) is 0 Å². The van der Waals surface area contributed by atoms with E-state index < -0.39 is 0 Å². The van der Waals surface area contributed by atoms with E-state index in [0.29, 0.717) is 43.2 Å². The minimum Gasteiger partial charge on any atom is -0.454 e. The van der Waals surface area contributed by atoms with Crippen LogP contribution < -0.4 is 5.69 Å². The molecule has 1 fully saturated rings. The lowest BCUT2D eigenvalue weighted by Crippen LogP contribution is -2.31. The van der Waals surface area contributed by atoms with Gasteiger partial charge in [0.05, 0.1) is 24.4 Å². The average Bonchev–Trinajstić information content (AvgIpc) is 3.52. The van der Waals surface area contributed by atoms with Crippen LogP contribution in [0.3, 0.4) is 0 Å². The van der Waals surface area contributed by atoms with Gasteiger partial charge < -0.3 is 13.9 Å². The first-order valence-electron chi connectivity index (χ1n) is 9.47. The number of fused-ring (bicyclic) bond motifs is 1. The third-order valence-electron chi connectivity index (χ3n) is 5.43. The highest BCUT2D eigenvalue weighted by Gasteiger charge is 2.32. The molecule has 4 aromatic rings. The fourth-order valence-electron chi connectivity index (χ4n) is 3.95. The smallest absolute Gasteiger partial charge is 0.330 e. The zero-order valence-electron chi connectivity index (χ0n) is 15.9. The van der Waals surface area contributed by atoms with E-state index in [2.05, 4.69) is 9.97 Å². The highest BCUT2D eigenvalue weighted by molar-refractivity contribution is 5.91. The van der Waals surface area contributed by atoms with Gasteiger partial charge in [-0.3, -0.25) is 13.9 Å². The van der Waals surface area contributed by atoms with Gasteiger partial charge in [0.25, 0.3) is 5.91 Å². The van der Waals surface area contributed by atoms with Crippen LogP contribution in [0.1, 0.15) is 28.8 Å². The third-order valence-corrected chi connectivity index (χ3v) is 5.43. The summed E-state index contributed by atoms with van der Waals surface area (Å²) in [7, 11) is 1.74. The van der Waals surface area contributed by atoms with Gasteiger partial charge in [0.15, 0.2) is 11.4 Å². The number of hydrogen-bond acceptors (Lipinski definition) is 5. The summed E-state index contributed by atoms with van der Waals surface area (Å²) in [5.74, 6) is 0.839. The lowest BCUT2D eigenvalue weighted by Gasteiger charge is -2.15. The molecule has 0 aliphatic carbocycles. The van der Waals surface area contributed by atoms with Crippen LogP contribution in [0.5, 0.6) is 0 Å². The topological polar surface area (TPSA) is 91.1 Å². The molecule has 0 aromatic carbocycles. The molecule has 29 heavy (non-hydrogen) atoms. The van der Waals surface area contributed by atoms with Gasteiger partial charge in [-0.25, -0.2) is 14.8 Å². The summed E-state index contributed by atoms with van der Waals surface area (Å²) >= 11 is 0. The van der Waals surface area contributed by atoms with Gasteiger partial charge in [0.2, 0.25) is 0 Å². The van der Waals surface area contributed by atoms with Gasteiger partial charge in [0, 0.05) is 38.7 Å². The van der Waals surface area contributed by atoms with E-state index in [9.17, 15) is 9.59 Å². The zero-order valence-corrected chi connectivity index (χ0v) is 15.9. The molecule has 9 heteroatoms. The summed E-state index contributed by atoms with van der Waals surface area (Å²) in [4.78, 5) is 35.8. The Morgan fingerprint density at radius 1 is 1.28 bits per heavy atom. The molecule has 5 rings (SSSR count). The summed E-state index contributed by atoms with van der Waals surface area (Å²) in [6, 6.07) is 7.09. The summed E-state index contributed by atoms with van der Waals surface area (Å²) < 4.78 is 10.9. The van der Waals surface area contributed by atoms with Gasteiger partial charge in [-0.1, -0.05) is 0 Å². The lowest BCUT2D eigenvalue weighted by atomic mass is 10.2. The number of carbonyl (C=O) groups excluding carboxylic acids is 1. The fourth-order valence-corrected chi connectivity index (χ4v) is 3.95. The van der Waals surface area contributed by atoms with E-state index in [-0.39, 0.29) is 17.6 Å². The summed E-state index contributed by atoms with van der Waals surface area (Å²) in [5, 5.41) is 0. The molecule has 1 aliphatic heterocycles. The lowest BCUT2D eigenvalue weighted by molar-refractivity contribution is 0.0754. The highest BCUT2D eigenvalue weighted by Crippen LogP contribution is 2.25. The number of amides is 1. The molecule has 1 aliphatic rings. The average molecular weight is 392 g/mol. The SMILES string of the molecule is Cn1c(=O)n([C@@H]2CCN(C(=O)c3ccc(Cn4ccnc4)o3)C2)c2ncccc21. The number of likely N-dealkylation sites (tertiary alicyclic amines) is 1. The number of aromatic nitrogens is 5. The molecule has 0 N–H and O–H groups in total. The van der Waals surface area contributed by atoms with E-state index in [1.807, 2.05) is 22.9 Å².